The lowest BCUT2D eigenvalue weighted by Crippen LogP contribution is -2.45. The summed E-state index contributed by atoms with van der Waals surface area (Å²) in [6, 6.07) is 26.1. The second-order valence-corrected chi connectivity index (χ2v) is 36.8. The molecule has 0 unspecified atom stereocenters. The van der Waals surface area contributed by atoms with Crippen LogP contribution in [-0.2, 0) is 31.0 Å². The summed E-state index contributed by atoms with van der Waals surface area (Å²) in [5, 5.41) is 27.2. The number of nitrogens with zero attached hydrogens (tertiary/aromatic N) is 18. The Hall–Kier alpha value is -13.0. The molecule has 11 heterocycles. The van der Waals surface area contributed by atoms with Gasteiger partial charge in [-0.2, -0.15) is 25.0 Å². The van der Waals surface area contributed by atoms with Gasteiger partial charge in [-0.05, 0) is 180 Å². The normalized spacial score (nSPS) is 18.9. The smallest absolute Gasteiger partial charge is 0.323 e. The van der Waals surface area contributed by atoms with E-state index < -0.39 is 21.7 Å². The molecular weight excluding hydrogens is 1570 g/mol. The SMILES string of the molecule is CC(=O)Nc1cccc(Nc2ncc3c(n2)N(C2CCCC2)CC(C)(C)C(=O)N3C)c1.CN1C(=O)C(C)(C)CN(C2CCCC2)c2nc(Nc3ccc4[nH][nH]c(=O)c4c3)ncc21.CN1C(=O)C(C)(C)CN(C2CCCC2)c2nc(Nc3ccc4[nH]c(=O)[nH]c4c3)ncc21.CN1C(=O)C(C)(C)CN(C2CCCC2)c2nc(Nc3ccc4c(cnn4C)c3)ncc21. The average molecular weight is 1690 g/mol. The molecule has 5 amide bonds. The Morgan fingerprint density at radius 1 is 0.387 bits per heavy atom. The number of aromatic nitrogens is 14. The first kappa shape index (κ1) is 84.6. The molecule has 0 atom stereocenters. The molecule has 650 valence electrons. The van der Waals surface area contributed by atoms with Gasteiger partial charge in [0.1, 0.15) is 22.7 Å². The van der Waals surface area contributed by atoms with Crippen molar-refractivity contribution in [2.24, 2.45) is 28.7 Å². The molecule has 8 aliphatic rings. The molecule has 19 rings (SSSR count). The largest absolute Gasteiger partial charge is 0.351 e. The zero-order valence-electron chi connectivity index (χ0n) is 73.3. The molecular formula is C90H113N27O7. The zero-order chi connectivity index (χ0) is 87.4. The van der Waals surface area contributed by atoms with Crippen LogP contribution in [0, 0.1) is 21.7 Å². The van der Waals surface area contributed by atoms with E-state index in [1.807, 2.05) is 153 Å². The van der Waals surface area contributed by atoms with Crippen molar-refractivity contribution < 1.29 is 24.0 Å². The highest BCUT2D eigenvalue weighted by atomic mass is 16.2. The number of imidazole rings is 1. The third kappa shape index (κ3) is 17.4. The van der Waals surface area contributed by atoms with Gasteiger partial charge in [0.25, 0.3) is 5.56 Å². The van der Waals surface area contributed by atoms with E-state index in [1.54, 1.807) is 71.6 Å². The van der Waals surface area contributed by atoms with Crippen molar-refractivity contribution in [3.8, 4) is 0 Å². The van der Waals surface area contributed by atoms with Crippen LogP contribution in [0.5, 0.6) is 0 Å². The van der Waals surface area contributed by atoms with Gasteiger partial charge in [-0.15, -0.1) is 0 Å². The lowest BCUT2D eigenvalue weighted by molar-refractivity contribution is -0.126. The first-order valence-electron chi connectivity index (χ1n) is 43.2. The van der Waals surface area contributed by atoms with Crippen molar-refractivity contribution in [3.63, 3.8) is 0 Å². The monoisotopic (exact) mass is 1680 g/mol. The summed E-state index contributed by atoms with van der Waals surface area (Å²) in [6.45, 7) is 20.0. The van der Waals surface area contributed by atoms with Gasteiger partial charge in [0.05, 0.1) is 80.1 Å². The maximum atomic E-state index is 13.1. The van der Waals surface area contributed by atoms with Crippen LogP contribution in [0.1, 0.15) is 165 Å². The van der Waals surface area contributed by atoms with Gasteiger partial charge in [-0.3, -0.25) is 43.6 Å². The summed E-state index contributed by atoms with van der Waals surface area (Å²) in [5.74, 6) is 5.28. The predicted molar refractivity (Wildman–Crippen MR) is 488 cm³/mol. The molecule has 34 heteroatoms. The van der Waals surface area contributed by atoms with Crippen LogP contribution in [0.3, 0.4) is 0 Å². The molecule has 11 aromatic rings. The third-order valence-corrected chi connectivity index (χ3v) is 25.4. The molecule has 124 heavy (non-hydrogen) atoms. The first-order valence-corrected chi connectivity index (χ1v) is 43.2. The van der Waals surface area contributed by atoms with Crippen molar-refractivity contribution >= 4 is 161 Å². The second-order valence-electron chi connectivity index (χ2n) is 36.8. The van der Waals surface area contributed by atoms with E-state index in [0.717, 1.165) is 142 Å². The number of fused-ring (bicyclic) bond motifs is 7. The molecule has 7 aromatic heterocycles. The predicted octanol–water partition coefficient (Wildman–Crippen LogP) is 14.1. The van der Waals surface area contributed by atoms with Gasteiger partial charge < -0.3 is 75.8 Å². The summed E-state index contributed by atoms with van der Waals surface area (Å²) in [6.07, 6.45) is 27.4. The number of hydrogen-bond donors (Lipinski definition) is 9. The Balaban J connectivity index is 0.000000122. The molecule has 34 nitrogen and oxygen atoms in total. The minimum Gasteiger partial charge on any atom is -0.351 e. The van der Waals surface area contributed by atoms with E-state index in [2.05, 4.69) is 91.4 Å². The van der Waals surface area contributed by atoms with Gasteiger partial charge in [0, 0.05) is 126 Å². The number of hydrogen-bond acceptors (Lipinski definition) is 24. The van der Waals surface area contributed by atoms with E-state index >= 15 is 0 Å². The fourth-order valence-corrected chi connectivity index (χ4v) is 19.0. The number of aryl methyl sites for hydroxylation is 1. The van der Waals surface area contributed by atoms with E-state index in [-0.39, 0.29) is 40.8 Å². The van der Waals surface area contributed by atoms with Crippen LogP contribution in [-0.4, -0.2) is 178 Å². The molecule has 0 saturated heterocycles. The van der Waals surface area contributed by atoms with Crippen LogP contribution in [0.4, 0.5) is 98.3 Å². The average Bonchev–Trinajstić information content (AvgIpc) is 1.63. The fraction of sp³-hybridized carbons (Fsp3) is 0.467. The number of H-pyrrole nitrogens is 4. The summed E-state index contributed by atoms with van der Waals surface area (Å²) in [4.78, 5) is 146. The standard InChI is InChI=1S/C23H29N7O.C23H30N6O2.2C22H27N7O2/c1-23(2)14-30(17-7-5-6-8-17)20-19(28(3)21(23)31)13-24-22(27-20)26-16-9-10-18-15(11-16)12-25-29(18)4;1-15(30)25-16-8-7-9-17(12-16)26-22-24-13-19-20(27-22)29(18-10-5-6-11-18)14-23(2,3)21(31)28(19)4;1-22(2)12-29(14-6-4-5-7-14)18-17(28(3)20(22)31)11-23-21(25-18)24-13-8-9-16-15(10-13)19(30)27-26-16;1-22(2)12-29(14-6-4-5-7-14)18-17(28(3)19(22)30)11-23-20(27-18)24-13-8-9-15-16(10-13)26-21(31)25-15/h9-13,17H,5-8,14H2,1-4H3,(H,24,26,27);7-9,12-13,18H,5-6,10-11,14H2,1-4H3,(H,25,30)(H,24,26,27);8-11,14H,4-7,12H2,1-3H3,(H,23,24,25)(H2,26,27,30);8-11,14H,4-7,12H2,1-3H3,(H,23,24,27)(H2,25,26,31). The molecule has 4 aliphatic carbocycles. The van der Waals surface area contributed by atoms with Gasteiger partial charge in [-0.25, -0.2) is 24.7 Å². The molecule has 9 N–H and O–H groups in total. The number of anilines is 17. The number of aromatic amines is 4. The van der Waals surface area contributed by atoms with Crippen molar-refractivity contribution in [1.29, 1.82) is 0 Å². The zero-order valence-corrected chi connectivity index (χ0v) is 73.3. The molecule has 4 fully saturated rings. The number of benzene rings is 4. The summed E-state index contributed by atoms with van der Waals surface area (Å²) >= 11 is 0. The molecule has 4 saturated carbocycles. The topological polar surface area (TPSA) is 390 Å². The van der Waals surface area contributed by atoms with E-state index in [0.29, 0.717) is 90.7 Å². The summed E-state index contributed by atoms with van der Waals surface area (Å²) in [7, 11) is 9.15. The third-order valence-electron chi connectivity index (χ3n) is 25.4. The van der Waals surface area contributed by atoms with Crippen LogP contribution < -0.4 is 77.0 Å². The first-order chi connectivity index (χ1) is 59.2. The number of rotatable bonds is 13. The fourth-order valence-electron chi connectivity index (χ4n) is 19.0. The maximum absolute atomic E-state index is 13.1. The lowest BCUT2D eigenvalue weighted by atomic mass is 9.91. The summed E-state index contributed by atoms with van der Waals surface area (Å²) < 4.78 is 1.85. The molecule has 0 bridgehead atoms. The highest BCUT2D eigenvalue weighted by molar-refractivity contribution is 6.04. The van der Waals surface area contributed by atoms with Crippen LogP contribution >= 0.6 is 0 Å². The van der Waals surface area contributed by atoms with Crippen LogP contribution in [0.2, 0.25) is 0 Å². The Morgan fingerprint density at radius 2 is 0.726 bits per heavy atom. The van der Waals surface area contributed by atoms with Gasteiger partial charge in [0.2, 0.25) is 53.3 Å². The number of amides is 5. The van der Waals surface area contributed by atoms with E-state index in [4.69, 9.17) is 19.9 Å². The molecule has 4 aliphatic heterocycles. The molecule has 0 radical (unpaired) electrons. The van der Waals surface area contributed by atoms with E-state index in [9.17, 15) is 33.6 Å². The van der Waals surface area contributed by atoms with E-state index in [1.165, 1.54) is 58.3 Å². The highest BCUT2D eigenvalue weighted by Crippen LogP contribution is 2.46. The Bertz CT molecular complexity index is 5990. The van der Waals surface area contributed by atoms with Gasteiger partial charge in [-0.1, -0.05) is 57.4 Å². The quantitative estimate of drug-likeness (QED) is 0.0518. The van der Waals surface area contributed by atoms with Crippen LogP contribution in [0.25, 0.3) is 32.8 Å². The second kappa shape index (κ2) is 34.0. The Kier molecular flexibility index (Phi) is 23.2. The van der Waals surface area contributed by atoms with Crippen LogP contribution in [0.15, 0.2) is 119 Å². The number of carbonyl (C=O) groups excluding carboxylic acids is 5. The summed E-state index contributed by atoms with van der Waals surface area (Å²) in [5.41, 5.74) is 7.67. The van der Waals surface area contributed by atoms with Gasteiger partial charge >= 0.3 is 5.69 Å². The van der Waals surface area contributed by atoms with Crippen molar-refractivity contribution in [3.05, 3.63) is 131 Å². The molecule has 4 aromatic carbocycles. The van der Waals surface area contributed by atoms with Crippen molar-refractivity contribution in [2.75, 3.05) is 120 Å². The minimum absolute atomic E-state index is 0.0655. The van der Waals surface area contributed by atoms with Crippen molar-refractivity contribution in [1.82, 2.24) is 69.8 Å². The maximum Gasteiger partial charge on any atom is 0.323 e. The minimum atomic E-state index is -0.522. The highest BCUT2D eigenvalue weighted by Gasteiger charge is 2.47. The lowest BCUT2D eigenvalue weighted by Gasteiger charge is -2.34. The Morgan fingerprint density at radius 3 is 1.11 bits per heavy atom. The number of nitrogens with one attached hydrogen (secondary N) is 9. The molecule has 0 spiro atoms. The number of carbonyl (C=O) groups is 5. The Labute approximate surface area is 719 Å². The van der Waals surface area contributed by atoms with Crippen molar-refractivity contribution in [2.45, 2.75) is 189 Å². The van der Waals surface area contributed by atoms with Gasteiger partial charge in [0.15, 0.2) is 23.3 Å².